The smallest absolute Gasteiger partial charge is 0.257 e. The molecule has 0 aromatic heterocycles. The molecule has 4 nitrogen and oxygen atoms in total. The molecule has 1 heterocycles. The van der Waals surface area contributed by atoms with Gasteiger partial charge in [-0.3, -0.25) is 9.69 Å². The number of likely N-dealkylation sites (tertiary alicyclic amines) is 1. The van der Waals surface area contributed by atoms with Crippen LogP contribution in [0.1, 0.15) is 44.1 Å². The van der Waals surface area contributed by atoms with Crippen molar-refractivity contribution in [3.63, 3.8) is 0 Å². The van der Waals surface area contributed by atoms with Crippen molar-refractivity contribution in [3.8, 4) is 11.1 Å². The van der Waals surface area contributed by atoms with Crippen molar-refractivity contribution >= 4 is 5.91 Å². The van der Waals surface area contributed by atoms with E-state index in [0.29, 0.717) is 32.2 Å². The normalized spacial score (nSPS) is 25.8. The molecule has 32 heavy (non-hydrogen) atoms. The number of aliphatic hydroxyl groups excluding tert-OH is 1. The van der Waals surface area contributed by atoms with Crippen LogP contribution in [0.25, 0.3) is 11.1 Å². The minimum absolute atomic E-state index is 0.111. The molecule has 0 radical (unpaired) electrons. The first-order chi connectivity index (χ1) is 15.4. The van der Waals surface area contributed by atoms with Crippen LogP contribution in [0, 0.1) is 11.7 Å². The second kappa shape index (κ2) is 8.56. The van der Waals surface area contributed by atoms with Crippen LogP contribution in [0.4, 0.5) is 8.78 Å². The molecule has 2 saturated carbocycles. The largest absolute Gasteiger partial charge is 0.378 e. The lowest BCUT2D eigenvalue weighted by Crippen LogP contribution is -2.53. The van der Waals surface area contributed by atoms with Crippen LogP contribution in [0.5, 0.6) is 0 Å². The fraction of sp³-hybridized carbons (Fsp3) is 0.500. The first kappa shape index (κ1) is 21.5. The van der Waals surface area contributed by atoms with Gasteiger partial charge in [0, 0.05) is 18.6 Å². The van der Waals surface area contributed by atoms with Gasteiger partial charge in [0.05, 0.1) is 0 Å². The number of carbonyl (C=O) groups is 1. The number of halogens is 2. The fourth-order valence-corrected chi connectivity index (χ4v) is 5.06. The van der Waals surface area contributed by atoms with Gasteiger partial charge in [-0.1, -0.05) is 42.8 Å². The average molecular weight is 441 g/mol. The van der Waals surface area contributed by atoms with Gasteiger partial charge in [0.25, 0.3) is 5.91 Å². The monoisotopic (exact) mass is 440 g/mol. The number of aliphatic hydroxyl groups is 1. The molecule has 2 N–H and O–H groups in total. The maximum absolute atomic E-state index is 14.3. The van der Waals surface area contributed by atoms with E-state index in [1.807, 2.05) is 30.3 Å². The van der Waals surface area contributed by atoms with E-state index in [-0.39, 0.29) is 23.8 Å². The van der Waals surface area contributed by atoms with E-state index in [9.17, 15) is 18.7 Å². The standard InChI is InChI=1S/C26H30F2N2O2/c27-21-9-3-8-20(16-21)19-7-1-4-17(14-19)15-23-22(29-25(32)26(28)11-12-26)10-13-30(23)24(31)18-5-2-6-18/h1,3-4,7-9,14,16,18,22-24,31H,2,5-6,10-13,15H2,(H,29,32). The Kier molecular flexibility index (Phi) is 5.76. The molecule has 0 bridgehead atoms. The highest BCUT2D eigenvalue weighted by molar-refractivity contribution is 5.88. The Labute approximate surface area is 187 Å². The summed E-state index contributed by atoms with van der Waals surface area (Å²) in [6.45, 7) is 0.677. The van der Waals surface area contributed by atoms with Crippen LogP contribution >= 0.6 is 0 Å². The van der Waals surface area contributed by atoms with Crippen molar-refractivity contribution in [1.82, 2.24) is 10.2 Å². The molecular weight excluding hydrogens is 410 g/mol. The van der Waals surface area contributed by atoms with Gasteiger partial charge in [0.1, 0.15) is 12.0 Å². The maximum atomic E-state index is 14.3. The SMILES string of the molecule is O=C(NC1CCN(C(O)C2CCC2)C1Cc1cccc(-c2cccc(F)c2)c1)C1(F)CC1. The van der Waals surface area contributed by atoms with Crippen LogP contribution in [0.3, 0.4) is 0 Å². The van der Waals surface area contributed by atoms with Crippen LogP contribution in [0.2, 0.25) is 0 Å². The summed E-state index contributed by atoms with van der Waals surface area (Å²) >= 11 is 0. The molecule has 3 unspecified atom stereocenters. The predicted molar refractivity (Wildman–Crippen MR) is 119 cm³/mol. The summed E-state index contributed by atoms with van der Waals surface area (Å²) in [4.78, 5) is 14.5. The molecule has 5 rings (SSSR count). The number of carbonyl (C=O) groups excluding carboxylic acids is 1. The van der Waals surface area contributed by atoms with Gasteiger partial charge < -0.3 is 10.4 Å². The number of amides is 1. The lowest BCUT2D eigenvalue weighted by Gasteiger charge is -2.39. The zero-order valence-corrected chi connectivity index (χ0v) is 18.1. The summed E-state index contributed by atoms with van der Waals surface area (Å²) in [6.07, 6.45) is 4.54. The number of benzene rings is 2. The molecule has 2 aromatic rings. The van der Waals surface area contributed by atoms with Gasteiger partial charge >= 0.3 is 0 Å². The highest BCUT2D eigenvalue weighted by Crippen LogP contribution is 2.41. The van der Waals surface area contributed by atoms with Crippen molar-refractivity contribution in [1.29, 1.82) is 0 Å². The lowest BCUT2D eigenvalue weighted by molar-refractivity contribution is -0.128. The first-order valence-corrected chi connectivity index (χ1v) is 11.7. The minimum Gasteiger partial charge on any atom is -0.378 e. The second-order valence-electron chi connectivity index (χ2n) is 9.66. The highest BCUT2D eigenvalue weighted by Gasteiger charge is 2.52. The molecule has 3 fully saturated rings. The molecular formula is C26H30F2N2O2. The zero-order chi connectivity index (χ0) is 22.3. The summed E-state index contributed by atoms with van der Waals surface area (Å²) in [5, 5.41) is 14.0. The van der Waals surface area contributed by atoms with E-state index in [4.69, 9.17) is 0 Å². The van der Waals surface area contributed by atoms with Crippen molar-refractivity contribution in [2.45, 2.75) is 68.9 Å². The topological polar surface area (TPSA) is 52.6 Å². The van der Waals surface area contributed by atoms with E-state index in [1.165, 1.54) is 12.1 Å². The Balaban J connectivity index is 1.38. The van der Waals surface area contributed by atoms with Crippen LogP contribution in [-0.4, -0.2) is 46.4 Å². The molecule has 3 aliphatic rings. The molecule has 6 heteroatoms. The summed E-state index contributed by atoms with van der Waals surface area (Å²) in [6, 6.07) is 14.2. The van der Waals surface area contributed by atoms with Crippen molar-refractivity contribution in [2.75, 3.05) is 6.54 Å². The maximum Gasteiger partial charge on any atom is 0.257 e. The van der Waals surface area contributed by atoms with Gasteiger partial charge in [-0.15, -0.1) is 0 Å². The minimum atomic E-state index is -1.71. The first-order valence-electron chi connectivity index (χ1n) is 11.7. The summed E-state index contributed by atoms with van der Waals surface area (Å²) in [7, 11) is 0. The molecule has 1 saturated heterocycles. The van der Waals surface area contributed by atoms with Gasteiger partial charge in [0.15, 0.2) is 5.67 Å². The van der Waals surface area contributed by atoms with Gasteiger partial charge in [-0.2, -0.15) is 0 Å². The Hall–Kier alpha value is -2.31. The third kappa shape index (κ3) is 4.30. The van der Waals surface area contributed by atoms with E-state index in [2.05, 4.69) is 10.2 Å². The second-order valence-corrected chi connectivity index (χ2v) is 9.66. The van der Waals surface area contributed by atoms with Crippen LogP contribution in [-0.2, 0) is 11.2 Å². The summed E-state index contributed by atoms with van der Waals surface area (Å²) < 4.78 is 28.0. The van der Waals surface area contributed by atoms with E-state index in [1.54, 1.807) is 6.07 Å². The van der Waals surface area contributed by atoms with Gasteiger partial charge in [-0.05, 0) is 73.3 Å². The summed E-state index contributed by atoms with van der Waals surface area (Å²) in [5.74, 6) is -0.524. The van der Waals surface area contributed by atoms with Crippen molar-refractivity contribution in [2.24, 2.45) is 5.92 Å². The number of hydrogen-bond acceptors (Lipinski definition) is 3. The Bertz CT molecular complexity index is 989. The van der Waals surface area contributed by atoms with Crippen molar-refractivity contribution in [3.05, 3.63) is 59.9 Å². The number of nitrogens with zero attached hydrogens (tertiary/aromatic N) is 1. The molecule has 1 amide bonds. The molecule has 0 spiro atoms. The molecule has 2 aliphatic carbocycles. The van der Waals surface area contributed by atoms with Crippen LogP contribution in [0.15, 0.2) is 48.5 Å². The lowest BCUT2D eigenvalue weighted by atomic mass is 9.83. The van der Waals surface area contributed by atoms with Gasteiger partial charge in [-0.25, -0.2) is 8.78 Å². The number of nitrogens with one attached hydrogen (secondary N) is 1. The number of rotatable bonds is 7. The Morgan fingerprint density at radius 3 is 2.50 bits per heavy atom. The average Bonchev–Trinajstić information content (AvgIpc) is 3.38. The molecule has 1 aliphatic heterocycles. The predicted octanol–water partition coefficient (Wildman–Crippen LogP) is 4.21. The molecule has 170 valence electrons. The third-order valence-electron chi connectivity index (χ3n) is 7.44. The molecule has 3 atom stereocenters. The third-order valence-corrected chi connectivity index (χ3v) is 7.44. The zero-order valence-electron chi connectivity index (χ0n) is 18.1. The van der Waals surface area contributed by atoms with Crippen molar-refractivity contribution < 1.29 is 18.7 Å². The number of alkyl halides is 1. The Morgan fingerprint density at radius 2 is 1.84 bits per heavy atom. The quantitative estimate of drug-likeness (QED) is 0.678. The van der Waals surface area contributed by atoms with E-state index < -0.39 is 17.8 Å². The van der Waals surface area contributed by atoms with E-state index in [0.717, 1.165) is 36.0 Å². The Morgan fingerprint density at radius 1 is 1.12 bits per heavy atom. The highest BCUT2D eigenvalue weighted by atomic mass is 19.1. The number of hydrogen-bond donors (Lipinski definition) is 2. The fourth-order valence-electron chi connectivity index (χ4n) is 5.06. The van der Waals surface area contributed by atoms with E-state index >= 15 is 0 Å². The summed E-state index contributed by atoms with van der Waals surface area (Å²) in [5.41, 5.74) is 1.07. The van der Waals surface area contributed by atoms with Crippen LogP contribution < -0.4 is 5.32 Å². The van der Waals surface area contributed by atoms with Gasteiger partial charge in [0.2, 0.25) is 0 Å². The molecule has 2 aromatic carbocycles.